The Morgan fingerprint density at radius 1 is 1.10 bits per heavy atom. The molecule has 0 saturated heterocycles. The quantitative estimate of drug-likeness (QED) is 0.414. The molecule has 0 unspecified atom stereocenters. The summed E-state index contributed by atoms with van der Waals surface area (Å²) in [6, 6.07) is 15.7. The zero-order valence-electron chi connectivity index (χ0n) is 17.1. The zero-order valence-corrected chi connectivity index (χ0v) is 19.5. The lowest BCUT2D eigenvalue weighted by atomic mass is 10.3. The summed E-state index contributed by atoms with van der Waals surface area (Å²) < 4.78 is 14.4. The van der Waals surface area contributed by atoms with Gasteiger partial charge in [-0.1, -0.05) is 27.7 Å². The fourth-order valence-corrected chi connectivity index (χ4v) is 3.96. The average molecular weight is 503 g/mol. The first-order chi connectivity index (χ1) is 15.1. The summed E-state index contributed by atoms with van der Waals surface area (Å²) in [5.41, 5.74) is 0.882. The number of rotatable bonds is 10. The summed E-state index contributed by atoms with van der Waals surface area (Å²) in [5, 5.41) is 12.3. The lowest BCUT2D eigenvalue weighted by Gasteiger charge is -2.12. The summed E-state index contributed by atoms with van der Waals surface area (Å²) in [7, 11) is 0. The van der Waals surface area contributed by atoms with Crippen LogP contribution in [-0.2, 0) is 11.4 Å². The number of nitrogens with one attached hydrogen (secondary N) is 1. The Balaban J connectivity index is 1.53. The van der Waals surface area contributed by atoms with Crippen molar-refractivity contribution in [2.24, 2.45) is 0 Å². The van der Waals surface area contributed by atoms with Crippen molar-refractivity contribution in [3.05, 3.63) is 58.8 Å². The molecule has 1 aliphatic carbocycles. The van der Waals surface area contributed by atoms with E-state index in [1.165, 1.54) is 11.8 Å². The Morgan fingerprint density at radius 2 is 1.77 bits per heavy atom. The van der Waals surface area contributed by atoms with E-state index in [4.69, 9.17) is 9.47 Å². The van der Waals surface area contributed by atoms with Crippen LogP contribution in [0.2, 0.25) is 0 Å². The summed E-state index contributed by atoms with van der Waals surface area (Å²) in [4.78, 5) is 12.1. The molecule has 3 aromatic rings. The highest BCUT2D eigenvalue weighted by molar-refractivity contribution is 9.10. The molecule has 0 atom stereocenters. The number of hydrogen-bond acceptors (Lipinski definition) is 6. The topological polar surface area (TPSA) is 78.3 Å². The van der Waals surface area contributed by atoms with Gasteiger partial charge < -0.3 is 14.8 Å². The van der Waals surface area contributed by atoms with Crippen molar-refractivity contribution in [3.8, 4) is 17.2 Å². The highest BCUT2D eigenvalue weighted by atomic mass is 79.9. The van der Waals surface area contributed by atoms with Gasteiger partial charge in [0.15, 0.2) is 11.0 Å². The van der Waals surface area contributed by atoms with Crippen LogP contribution in [0.4, 0.5) is 0 Å². The molecular formula is C22H23BrN4O3S. The Labute approximate surface area is 193 Å². The molecule has 7 nitrogen and oxygen atoms in total. The lowest BCUT2D eigenvalue weighted by molar-refractivity contribution is -0.118. The third-order valence-electron chi connectivity index (χ3n) is 4.56. The highest BCUT2D eigenvalue weighted by Crippen LogP contribution is 2.26. The van der Waals surface area contributed by atoms with Crippen molar-refractivity contribution >= 4 is 33.6 Å². The third kappa shape index (κ3) is 6.01. The van der Waals surface area contributed by atoms with Crippen molar-refractivity contribution in [3.63, 3.8) is 0 Å². The van der Waals surface area contributed by atoms with Crippen LogP contribution in [0, 0.1) is 0 Å². The number of amides is 1. The molecule has 1 heterocycles. The number of thioether (sulfide) groups is 1. The van der Waals surface area contributed by atoms with Gasteiger partial charge >= 0.3 is 0 Å². The molecule has 2 aromatic carbocycles. The summed E-state index contributed by atoms with van der Waals surface area (Å²) >= 11 is 4.79. The molecule has 1 saturated carbocycles. The van der Waals surface area contributed by atoms with Gasteiger partial charge in [0.25, 0.3) is 0 Å². The van der Waals surface area contributed by atoms with E-state index in [-0.39, 0.29) is 12.5 Å². The van der Waals surface area contributed by atoms with Gasteiger partial charge in [-0.3, -0.25) is 9.36 Å². The van der Waals surface area contributed by atoms with Gasteiger partial charge in [0.05, 0.1) is 12.4 Å². The number of aromatic nitrogens is 3. The molecule has 0 spiro atoms. The third-order valence-corrected chi connectivity index (χ3v) is 6.02. The molecule has 162 valence electrons. The molecule has 1 N–H and O–H groups in total. The van der Waals surface area contributed by atoms with Gasteiger partial charge in [-0.15, -0.1) is 10.2 Å². The Kier molecular flexibility index (Phi) is 7.14. The Morgan fingerprint density at radius 3 is 2.45 bits per heavy atom. The minimum atomic E-state index is 0.0152. The van der Waals surface area contributed by atoms with Crippen LogP contribution >= 0.6 is 27.7 Å². The predicted octanol–water partition coefficient (Wildman–Crippen LogP) is 4.38. The highest BCUT2D eigenvalue weighted by Gasteiger charge is 2.24. The van der Waals surface area contributed by atoms with E-state index >= 15 is 0 Å². The molecular weight excluding hydrogens is 480 g/mol. The van der Waals surface area contributed by atoms with E-state index in [0.29, 0.717) is 29.4 Å². The van der Waals surface area contributed by atoms with E-state index < -0.39 is 0 Å². The van der Waals surface area contributed by atoms with Crippen LogP contribution in [0.3, 0.4) is 0 Å². The van der Waals surface area contributed by atoms with Gasteiger partial charge in [0.2, 0.25) is 5.91 Å². The number of hydrogen-bond donors (Lipinski definition) is 1. The standard InChI is InChI=1S/C22H23BrN4O3S/c1-2-29-18-11-7-17(8-12-18)27-20(13-30-19-9-3-15(23)4-10-19)25-26-22(27)31-14-21(28)24-16-5-6-16/h3-4,7-12,16H,2,5-6,13-14H2,1H3,(H,24,28). The molecule has 4 rings (SSSR count). The number of benzene rings is 2. The Hall–Kier alpha value is -2.52. The largest absolute Gasteiger partial charge is 0.494 e. The van der Waals surface area contributed by atoms with Gasteiger partial charge in [-0.05, 0) is 68.3 Å². The van der Waals surface area contributed by atoms with E-state index in [1.54, 1.807) is 0 Å². The fraction of sp³-hybridized carbons (Fsp3) is 0.318. The van der Waals surface area contributed by atoms with Crippen molar-refractivity contribution in [1.82, 2.24) is 20.1 Å². The number of nitrogens with zero attached hydrogens (tertiary/aromatic N) is 3. The number of carbonyl (C=O) groups is 1. The van der Waals surface area contributed by atoms with E-state index in [9.17, 15) is 4.79 Å². The molecule has 0 aliphatic heterocycles. The van der Waals surface area contributed by atoms with Crippen molar-refractivity contribution in [1.29, 1.82) is 0 Å². The summed E-state index contributed by atoms with van der Waals surface area (Å²) in [6.07, 6.45) is 2.13. The van der Waals surface area contributed by atoms with Crippen LogP contribution in [0.5, 0.6) is 11.5 Å². The maximum absolute atomic E-state index is 12.1. The average Bonchev–Trinajstić information content (AvgIpc) is 3.49. The SMILES string of the molecule is CCOc1ccc(-n2c(COc3ccc(Br)cc3)nnc2SCC(=O)NC2CC2)cc1. The first-order valence-electron chi connectivity index (χ1n) is 10.1. The maximum Gasteiger partial charge on any atom is 0.230 e. The summed E-state index contributed by atoms with van der Waals surface area (Å²) in [6.45, 7) is 2.80. The fourth-order valence-electron chi connectivity index (χ4n) is 2.91. The second kappa shape index (κ2) is 10.2. The van der Waals surface area contributed by atoms with Gasteiger partial charge in [-0.2, -0.15) is 0 Å². The van der Waals surface area contributed by atoms with Crippen molar-refractivity contribution in [2.45, 2.75) is 37.6 Å². The van der Waals surface area contributed by atoms with E-state index in [2.05, 4.69) is 31.4 Å². The second-order valence-electron chi connectivity index (χ2n) is 7.03. The molecule has 0 radical (unpaired) electrons. The molecule has 1 fully saturated rings. The molecule has 1 aromatic heterocycles. The maximum atomic E-state index is 12.1. The smallest absolute Gasteiger partial charge is 0.230 e. The monoisotopic (exact) mass is 502 g/mol. The van der Waals surface area contributed by atoms with Crippen LogP contribution in [0.25, 0.3) is 5.69 Å². The first kappa shape index (κ1) is 21.7. The summed E-state index contributed by atoms with van der Waals surface area (Å²) in [5.74, 6) is 2.49. The van der Waals surface area contributed by atoms with E-state index in [0.717, 1.165) is 34.5 Å². The van der Waals surface area contributed by atoms with Gasteiger partial charge in [-0.25, -0.2) is 0 Å². The van der Waals surface area contributed by atoms with Crippen LogP contribution in [0.15, 0.2) is 58.2 Å². The predicted molar refractivity (Wildman–Crippen MR) is 123 cm³/mol. The molecule has 1 aliphatic rings. The minimum absolute atomic E-state index is 0.0152. The first-order valence-corrected chi connectivity index (χ1v) is 11.9. The normalized spacial score (nSPS) is 13.1. The van der Waals surface area contributed by atoms with Crippen LogP contribution in [-0.4, -0.2) is 39.1 Å². The molecule has 1 amide bonds. The van der Waals surface area contributed by atoms with Crippen molar-refractivity contribution < 1.29 is 14.3 Å². The second-order valence-corrected chi connectivity index (χ2v) is 8.89. The molecule has 9 heteroatoms. The Bertz CT molecular complexity index is 1020. The van der Waals surface area contributed by atoms with Crippen LogP contribution < -0.4 is 14.8 Å². The number of halogens is 1. The zero-order chi connectivity index (χ0) is 21.6. The van der Waals surface area contributed by atoms with E-state index in [1.807, 2.05) is 60.0 Å². The van der Waals surface area contributed by atoms with Crippen LogP contribution in [0.1, 0.15) is 25.6 Å². The molecule has 0 bridgehead atoms. The minimum Gasteiger partial charge on any atom is -0.494 e. The molecule has 31 heavy (non-hydrogen) atoms. The lowest BCUT2D eigenvalue weighted by Crippen LogP contribution is -2.27. The van der Waals surface area contributed by atoms with Crippen molar-refractivity contribution in [2.75, 3.05) is 12.4 Å². The number of ether oxygens (including phenoxy) is 2. The number of carbonyl (C=O) groups excluding carboxylic acids is 1. The van der Waals surface area contributed by atoms with Gasteiger partial charge in [0.1, 0.15) is 18.1 Å². The van der Waals surface area contributed by atoms with Gasteiger partial charge in [0, 0.05) is 16.2 Å².